The van der Waals surface area contributed by atoms with Gasteiger partial charge in [0.1, 0.15) is 17.4 Å². The molecule has 1 aliphatic heterocycles. The second kappa shape index (κ2) is 8.97. The fourth-order valence-corrected chi connectivity index (χ4v) is 6.93. The Morgan fingerprint density at radius 2 is 1.83 bits per heavy atom. The van der Waals surface area contributed by atoms with Crippen molar-refractivity contribution >= 4 is 23.2 Å². The van der Waals surface area contributed by atoms with Gasteiger partial charge in [0.25, 0.3) is 0 Å². The predicted octanol–water partition coefficient (Wildman–Crippen LogP) is 1.14. The highest BCUT2D eigenvalue weighted by atomic mass is 16.3. The van der Waals surface area contributed by atoms with Crippen LogP contribution in [-0.4, -0.2) is 67.6 Å². The van der Waals surface area contributed by atoms with Crippen LogP contribution in [0.3, 0.4) is 0 Å². The second-order valence-corrected chi connectivity index (χ2v) is 10.8. The monoisotopic (exact) mass is 498 g/mol. The van der Waals surface area contributed by atoms with Crippen LogP contribution in [0.15, 0.2) is 11.6 Å². The number of piperidine rings is 1. The fourth-order valence-electron chi connectivity index (χ4n) is 6.93. The number of aromatic hydroxyl groups is 1. The first-order chi connectivity index (χ1) is 17.1. The van der Waals surface area contributed by atoms with E-state index in [1.165, 1.54) is 6.42 Å². The van der Waals surface area contributed by atoms with Crippen LogP contribution in [0.2, 0.25) is 0 Å². The lowest BCUT2D eigenvalue weighted by molar-refractivity contribution is -0.174. The second-order valence-electron chi connectivity index (χ2n) is 10.8. The number of nitrogens with two attached hydrogens (primary N) is 1. The Bertz CT molecular complexity index is 1170. The molecular weight excluding hydrogens is 464 g/mol. The quantitative estimate of drug-likeness (QED) is 0.386. The third-order valence-corrected chi connectivity index (χ3v) is 8.78. The summed E-state index contributed by atoms with van der Waals surface area (Å²) in [5.74, 6) is -6.77. The minimum atomic E-state index is -2.55. The molecule has 194 valence electrons. The number of aliphatic hydroxyl groups is 3. The van der Waals surface area contributed by atoms with Gasteiger partial charge in [0.2, 0.25) is 11.7 Å². The van der Waals surface area contributed by atoms with Crippen LogP contribution in [0.4, 0.5) is 0 Å². The minimum absolute atomic E-state index is 0.0847. The minimum Gasteiger partial charge on any atom is -0.507 e. The molecule has 36 heavy (non-hydrogen) atoms. The smallest absolute Gasteiger partial charge is 0.230 e. The van der Waals surface area contributed by atoms with Crippen LogP contribution >= 0.6 is 0 Å². The summed E-state index contributed by atoms with van der Waals surface area (Å²) in [7, 11) is 0. The maximum Gasteiger partial charge on any atom is 0.230 e. The average molecular weight is 499 g/mol. The van der Waals surface area contributed by atoms with Crippen molar-refractivity contribution in [3.05, 3.63) is 33.9 Å². The van der Waals surface area contributed by atoms with Crippen molar-refractivity contribution in [2.75, 3.05) is 13.1 Å². The van der Waals surface area contributed by atoms with Crippen LogP contribution < -0.4 is 5.73 Å². The lowest BCUT2D eigenvalue weighted by Gasteiger charge is -2.48. The SMILES string of the molecule is CCc1cc(CN2CCCCC2)c(O)c2c1C[C@H]1C[C@H]3CC(O)C(C(N)=O)C(=O)[C@@]3(O)C(=O)C1=C2O. The zero-order valence-electron chi connectivity index (χ0n) is 20.5. The van der Waals surface area contributed by atoms with Gasteiger partial charge < -0.3 is 26.2 Å². The lowest BCUT2D eigenvalue weighted by Crippen LogP contribution is -2.66. The van der Waals surface area contributed by atoms with Gasteiger partial charge in [-0.05, 0) is 68.7 Å². The highest BCUT2D eigenvalue weighted by molar-refractivity contribution is 6.24. The van der Waals surface area contributed by atoms with Gasteiger partial charge >= 0.3 is 0 Å². The van der Waals surface area contributed by atoms with E-state index >= 15 is 0 Å². The van der Waals surface area contributed by atoms with Crippen molar-refractivity contribution in [3.8, 4) is 5.75 Å². The van der Waals surface area contributed by atoms with Gasteiger partial charge in [0.15, 0.2) is 11.4 Å². The number of hydrogen-bond acceptors (Lipinski definition) is 8. The van der Waals surface area contributed by atoms with E-state index in [1.807, 2.05) is 13.0 Å². The van der Waals surface area contributed by atoms with Crippen molar-refractivity contribution in [3.63, 3.8) is 0 Å². The molecule has 4 aliphatic rings. The molecule has 3 aliphatic carbocycles. The normalized spacial score (nSPS) is 32.6. The van der Waals surface area contributed by atoms with Crippen LogP contribution in [0.5, 0.6) is 5.75 Å². The number of fused-ring (bicyclic) bond motifs is 3. The number of aryl methyl sites for hydroxylation is 1. The van der Waals surface area contributed by atoms with Crippen LogP contribution in [-0.2, 0) is 33.8 Å². The van der Waals surface area contributed by atoms with Crippen molar-refractivity contribution in [2.24, 2.45) is 23.5 Å². The number of phenolic OH excluding ortho intramolecular Hbond substituents is 1. The highest BCUT2D eigenvalue weighted by Crippen LogP contribution is 2.52. The number of rotatable bonds is 4. The molecule has 0 radical (unpaired) electrons. The molecule has 2 unspecified atom stereocenters. The number of benzene rings is 1. The van der Waals surface area contributed by atoms with Gasteiger partial charge in [-0.1, -0.05) is 19.4 Å². The molecule has 1 aromatic rings. The van der Waals surface area contributed by atoms with Crippen LogP contribution in [0, 0.1) is 17.8 Å². The fraction of sp³-hybridized carbons (Fsp3) is 0.593. The molecule has 3 fully saturated rings. The lowest BCUT2D eigenvalue weighted by atomic mass is 9.56. The molecular formula is C27H34N2O7. The zero-order chi connectivity index (χ0) is 25.9. The number of ketones is 2. The molecule has 9 nitrogen and oxygen atoms in total. The molecule has 1 saturated heterocycles. The number of carbonyl (C=O) groups excluding carboxylic acids is 3. The summed E-state index contributed by atoms with van der Waals surface area (Å²) >= 11 is 0. The first-order valence-corrected chi connectivity index (χ1v) is 12.9. The molecule has 6 N–H and O–H groups in total. The standard InChI is InChI=1S/C27H34N2O7/c1-2-13-8-15(12-29-6-4-3-5-7-29)22(31)20-17(13)10-14-9-16-11-18(30)21(26(28)35)25(34)27(16,36)24(33)19(14)23(20)32/h8,14,16,18,21,30-32,36H,2-7,9-12H2,1H3,(H2,28,35)/t14-,16+,18?,21?,27+/m1/s1. The van der Waals surface area contributed by atoms with Crippen molar-refractivity contribution in [2.45, 2.75) is 70.1 Å². The van der Waals surface area contributed by atoms with Gasteiger partial charge in [-0.25, -0.2) is 0 Å². The summed E-state index contributed by atoms with van der Waals surface area (Å²) < 4.78 is 0. The van der Waals surface area contributed by atoms with Crippen molar-refractivity contribution in [1.29, 1.82) is 0 Å². The van der Waals surface area contributed by atoms with Gasteiger partial charge in [-0.15, -0.1) is 0 Å². The van der Waals surface area contributed by atoms with Gasteiger partial charge in [0.05, 0.1) is 11.7 Å². The van der Waals surface area contributed by atoms with Crippen LogP contribution in [0.1, 0.15) is 61.3 Å². The van der Waals surface area contributed by atoms with Crippen molar-refractivity contribution in [1.82, 2.24) is 4.90 Å². The van der Waals surface area contributed by atoms with E-state index in [-0.39, 0.29) is 29.7 Å². The summed E-state index contributed by atoms with van der Waals surface area (Å²) in [5.41, 5.74) is 5.25. The number of primary amides is 1. The average Bonchev–Trinajstić information content (AvgIpc) is 2.83. The Labute approximate surface area is 209 Å². The largest absolute Gasteiger partial charge is 0.507 e. The third kappa shape index (κ3) is 3.59. The summed E-state index contributed by atoms with van der Waals surface area (Å²) in [4.78, 5) is 40.9. The van der Waals surface area contributed by atoms with Gasteiger partial charge in [0, 0.05) is 23.6 Å². The Balaban J connectivity index is 1.60. The summed E-state index contributed by atoms with van der Waals surface area (Å²) in [6.45, 7) is 4.37. The Hall–Kier alpha value is -2.75. The molecule has 0 bridgehead atoms. The molecule has 5 atom stereocenters. The summed E-state index contributed by atoms with van der Waals surface area (Å²) in [6, 6.07) is 1.98. The first-order valence-electron chi connectivity index (χ1n) is 12.9. The highest BCUT2D eigenvalue weighted by Gasteiger charge is 2.64. The number of amides is 1. The number of Topliss-reactive ketones (excluding diaryl/α,β-unsaturated/α-hetero) is 2. The predicted molar refractivity (Wildman–Crippen MR) is 130 cm³/mol. The molecule has 2 saturated carbocycles. The van der Waals surface area contributed by atoms with E-state index in [9.17, 15) is 34.8 Å². The van der Waals surface area contributed by atoms with E-state index in [4.69, 9.17) is 5.73 Å². The van der Waals surface area contributed by atoms with E-state index in [0.29, 0.717) is 24.9 Å². The molecule has 1 heterocycles. The number of hydrogen-bond donors (Lipinski definition) is 5. The Morgan fingerprint density at radius 3 is 2.47 bits per heavy atom. The molecule has 9 heteroatoms. The molecule has 1 aromatic carbocycles. The van der Waals surface area contributed by atoms with Gasteiger partial charge in [-0.3, -0.25) is 19.3 Å². The van der Waals surface area contributed by atoms with Gasteiger partial charge in [-0.2, -0.15) is 0 Å². The topological polar surface area (TPSA) is 161 Å². The maximum absolute atomic E-state index is 13.7. The summed E-state index contributed by atoms with van der Waals surface area (Å²) in [6.07, 6.45) is 3.06. The Morgan fingerprint density at radius 1 is 1.14 bits per heavy atom. The van der Waals surface area contributed by atoms with Crippen molar-refractivity contribution < 1.29 is 34.8 Å². The number of aliphatic hydroxyl groups excluding tert-OH is 2. The zero-order valence-corrected chi connectivity index (χ0v) is 20.5. The number of nitrogens with zero attached hydrogens (tertiary/aromatic N) is 1. The summed E-state index contributed by atoms with van der Waals surface area (Å²) in [5, 5.41) is 44.4. The third-order valence-electron chi connectivity index (χ3n) is 8.78. The maximum atomic E-state index is 13.7. The van der Waals surface area contributed by atoms with E-state index in [2.05, 4.69) is 4.90 Å². The number of carbonyl (C=O) groups is 3. The Kier molecular flexibility index (Phi) is 6.21. The van der Waals surface area contributed by atoms with Crippen LogP contribution in [0.25, 0.3) is 5.76 Å². The van der Waals surface area contributed by atoms with E-state index in [1.54, 1.807) is 0 Å². The molecule has 1 amide bonds. The van der Waals surface area contributed by atoms with E-state index < -0.39 is 52.7 Å². The molecule has 5 rings (SSSR count). The van der Waals surface area contributed by atoms with E-state index in [0.717, 1.165) is 37.1 Å². The number of likely N-dealkylation sites (tertiary alicyclic amines) is 1. The number of phenols is 1. The first kappa shape index (κ1) is 24.9. The molecule has 0 aromatic heterocycles. The molecule has 0 spiro atoms.